The van der Waals surface area contributed by atoms with Crippen LogP contribution in [0.1, 0.15) is 22.8 Å². The van der Waals surface area contributed by atoms with Gasteiger partial charge in [0, 0.05) is 73.8 Å². The molecule has 0 atom stereocenters. The van der Waals surface area contributed by atoms with E-state index in [0.29, 0.717) is 31.8 Å². The molecule has 1 amide bonds. The van der Waals surface area contributed by atoms with Gasteiger partial charge < -0.3 is 30.9 Å². The first kappa shape index (κ1) is 69.6. The van der Waals surface area contributed by atoms with E-state index < -0.39 is 152 Å². The fraction of sp³-hybridized carbons (Fsp3) is 0.157. The third-order valence-corrected chi connectivity index (χ3v) is 19.6. The van der Waals surface area contributed by atoms with E-state index in [-0.39, 0.29) is 82.0 Å². The Bertz CT molecular complexity index is 5460. The third kappa shape index (κ3) is 15.5. The van der Waals surface area contributed by atoms with Crippen LogP contribution in [0.4, 0.5) is 57.9 Å². The number of methoxy groups -OCH3 is 1. The second-order valence-electron chi connectivity index (χ2n) is 20.2. The standard InChI is InChI=1S/C51H44Cl2N16O21S6/c1-24(70)55-33-22-35(37(90-2)23-34(33)66-64-26-19-31-28(40(20-26)94(81,82)83)5-3-8-39(31)93(78,79)80)56-49-59-46(52)58-48(62-49)54-11-12-68-13-15-69(16-14-68)51-61-47(53)60-50(63-51)57-36-21-27(91(72,73)74)17-25-18-41(95(84,85)86)43(44(71)42(25)36)67-65-32-10-9-29-30(45(32)96(87,88)89)6-4-7-38(29)92(75,76)77/h3-10,17-23,65H,11-16H2,1-2H3,(H,55,70)(H,72,73,74)(H,75,76,77)(H,78,79,80)(H,81,82,83)(H,84,85,86)(H,87,88,89)(H,57,60,61,63)(H2,54,56,58,59,62)/b66-64+,67-43+. The van der Waals surface area contributed by atoms with Crippen molar-refractivity contribution in [2.45, 2.75) is 31.4 Å². The molecule has 11 N–H and O–H groups in total. The molecule has 1 fully saturated rings. The number of hydrogen-bond acceptors (Lipinski definition) is 30. The normalized spacial score (nSPS) is 14.8. The molecule has 504 valence electrons. The highest BCUT2D eigenvalue weighted by Crippen LogP contribution is 2.42. The first-order chi connectivity index (χ1) is 44.8. The average molecular weight is 1480 g/mol. The number of aromatic nitrogens is 6. The molecule has 1 aliphatic heterocycles. The van der Waals surface area contributed by atoms with Gasteiger partial charge in [0.15, 0.2) is 5.71 Å². The summed E-state index contributed by atoms with van der Waals surface area (Å²) in [5, 5.41) is 21.0. The van der Waals surface area contributed by atoms with Crippen molar-refractivity contribution in [1.82, 2.24) is 34.8 Å². The summed E-state index contributed by atoms with van der Waals surface area (Å²) in [5.74, 6) is -2.49. The van der Waals surface area contributed by atoms with Crippen LogP contribution < -0.4 is 36.3 Å². The molecule has 1 aliphatic carbocycles. The highest BCUT2D eigenvalue weighted by Gasteiger charge is 2.37. The number of fused-ring (bicyclic) bond motifs is 3. The number of azo groups is 1. The van der Waals surface area contributed by atoms with Gasteiger partial charge in [0.05, 0.1) is 46.0 Å². The number of nitrogens with one attached hydrogen (secondary N) is 5. The number of carbonyl (C=O) groups excluding carboxylic acids is 2. The minimum Gasteiger partial charge on any atom is -0.494 e. The maximum absolute atomic E-state index is 14.5. The zero-order valence-corrected chi connectivity index (χ0v) is 54.7. The minimum absolute atomic E-state index is 0.00441. The number of hydrogen-bond donors (Lipinski definition) is 11. The number of ketones is 1. The van der Waals surface area contributed by atoms with Crippen molar-refractivity contribution in [2.24, 2.45) is 15.3 Å². The quantitative estimate of drug-likeness (QED) is 0.0226. The van der Waals surface area contributed by atoms with Crippen LogP contribution in [0.3, 0.4) is 0 Å². The summed E-state index contributed by atoms with van der Waals surface area (Å²) in [7, 11) is -29.6. The Morgan fingerprint density at radius 1 is 0.594 bits per heavy atom. The summed E-state index contributed by atoms with van der Waals surface area (Å²) in [4.78, 5) is 50.5. The molecule has 0 bridgehead atoms. The lowest BCUT2D eigenvalue weighted by Crippen LogP contribution is -2.48. The molecule has 1 saturated heterocycles. The summed E-state index contributed by atoms with van der Waals surface area (Å²) >= 11 is 12.7. The van der Waals surface area contributed by atoms with Gasteiger partial charge in [-0.1, -0.05) is 30.3 Å². The Hall–Kier alpha value is -9.19. The summed E-state index contributed by atoms with van der Waals surface area (Å²) in [6.45, 7) is 3.06. The Morgan fingerprint density at radius 2 is 1.20 bits per heavy atom. The molecular formula is C51H44Cl2N16O21S6. The van der Waals surface area contributed by atoms with Crippen LogP contribution in [0, 0.1) is 0 Å². The average Bonchev–Trinajstić information content (AvgIpc) is 0.761. The number of rotatable bonds is 21. The number of nitrogens with zero attached hydrogens (tertiary/aromatic N) is 11. The highest BCUT2D eigenvalue weighted by atomic mass is 35.5. The summed E-state index contributed by atoms with van der Waals surface area (Å²) in [6.07, 6.45) is 0.596. The third-order valence-electron chi connectivity index (χ3n) is 13.9. The maximum atomic E-state index is 14.5. The molecule has 0 saturated carbocycles. The van der Waals surface area contributed by atoms with Crippen molar-refractivity contribution < 1.29 is 92.1 Å². The van der Waals surface area contributed by atoms with Crippen molar-refractivity contribution in [3.63, 3.8) is 0 Å². The van der Waals surface area contributed by atoms with Crippen molar-refractivity contribution in [1.29, 1.82) is 0 Å². The number of anilines is 8. The number of allylic oxidation sites excluding steroid dienone is 1. The van der Waals surface area contributed by atoms with E-state index in [9.17, 15) is 87.4 Å². The predicted molar refractivity (Wildman–Crippen MR) is 343 cm³/mol. The SMILES string of the molecule is COc1cc(/N=N/c2cc(S(=O)(=O)O)c3cccc(S(=O)(=O)O)c3c2)c(NC(C)=O)cc1Nc1nc(Cl)nc(NCCN2CCN(c3nc(Cl)nc(Nc4cc(S(=O)(=O)O)cc5c4C(=O)/C(=N/Nc4ccc6c(S(=O)(=O)O)cccc6c4S(=O)(=O)O)C(S(=O)(=O)O)=C5)n3)CC2)n1. The van der Waals surface area contributed by atoms with Crippen LogP contribution in [0.25, 0.3) is 27.6 Å². The van der Waals surface area contributed by atoms with Crippen LogP contribution in [0.15, 0.2) is 130 Å². The number of benzene rings is 6. The Labute approximate surface area is 552 Å². The van der Waals surface area contributed by atoms with Crippen LogP contribution in [-0.2, 0) is 65.5 Å². The van der Waals surface area contributed by atoms with E-state index in [0.717, 1.165) is 60.7 Å². The molecule has 10 rings (SSSR count). The van der Waals surface area contributed by atoms with E-state index in [4.69, 9.17) is 27.9 Å². The largest absolute Gasteiger partial charge is 0.494 e. The lowest BCUT2D eigenvalue weighted by molar-refractivity contribution is -0.114. The van der Waals surface area contributed by atoms with Crippen LogP contribution in [-0.4, -0.2) is 176 Å². The van der Waals surface area contributed by atoms with E-state index in [2.05, 4.69) is 71.9 Å². The van der Waals surface area contributed by atoms with Gasteiger partial charge >= 0.3 is 0 Å². The second kappa shape index (κ2) is 26.4. The van der Waals surface area contributed by atoms with E-state index in [1.54, 1.807) is 4.90 Å². The first-order valence-corrected chi connectivity index (χ1v) is 36.0. The molecule has 0 radical (unpaired) electrons. The van der Waals surface area contributed by atoms with Crippen molar-refractivity contribution in [3.8, 4) is 5.75 Å². The lowest BCUT2D eigenvalue weighted by Gasteiger charge is -2.34. The van der Waals surface area contributed by atoms with Gasteiger partial charge in [0.2, 0.25) is 46.1 Å². The number of hydrazone groups is 1. The molecule has 0 spiro atoms. The minimum atomic E-state index is -5.50. The maximum Gasteiger partial charge on any atom is 0.297 e. The van der Waals surface area contributed by atoms with Crippen LogP contribution in [0.2, 0.25) is 10.6 Å². The lowest BCUT2D eigenvalue weighted by atomic mass is 9.93. The Kier molecular flexibility index (Phi) is 19.2. The molecule has 45 heteroatoms. The zero-order valence-electron chi connectivity index (χ0n) is 48.3. The molecule has 2 aromatic heterocycles. The van der Waals surface area contributed by atoms with E-state index in [1.807, 2.05) is 4.90 Å². The topological polar surface area (TPSA) is 551 Å². The summed E-state index contributed by atoms with van der Waals surface area (Å²) in [6, 6.07) is 14.3. The molecule has 8 aromatic rings. The summed E-state index contributed by atoms with van der Waals surface area (Å²) < 4.78 is 216. The number of ether oxygens (including phenoxy) is 1. The molecule has 6 aromatic carbocycles. The Morgan fingerprint density at radius 3 is 1.81 bits per heavy atom. The molecular weight excluding hydrogens is 1440 g/mol. The first-order valence-electron chi connectivity index (χ1n) is 26.6. The van der Waals surface area contributed by atoms with Crippen LogP contribution in [0.5, 0.6) is 5.75 Å². The van der Waals surface area contributed by atoms with Gasteiger partial charge in [0.25, 0.3) is 60.7 Å². The second-order valence-corrected chi connectivity index (χ2v) is 29.2. The fourth-order valence-electron chi connectivity index (χ4n) is 9.89. The van der Waals surface area contributed by atoms with Gasteiger partial charge in [-0.2, -0.15) is 90.6 Å². The predicted octanol–water partition coefficient (Wildman–Crippen LogP) is 5.90. The van der Waals surface area contributed by atoms with Gasteiger partial charge in [-0.25, -0.2) is 0 Å². The van der Waals surface area contributed by atoms with E-state index >= 15 is 0 Å². The van der Waals surface area contributed by atoms with Gasteiger partial charge in [-0.3, -0.25) is 47.2 Å². The number of amides is 1. The number of piperazine rings is 1. The van der Waals surface area contributed by atoms with E-state index in [1.165, 1.54) is 32.2 Å². The van der Waals surface area contributed by atoms with Gasteiger partial charge in [-0.05, 0) is 83.4 Å². The molecule has 96 heavy (non-hydrogen) atoms. The summed E-state index contributed by atoms with van der Waals surface area (Å²) in [5.41, 5.74) is -1.61. The smallest absolute Gasteiger partial charge is 0.297 e. The molecule has 3 heterocycles. The zero-order chi connectivity index (χ0) is 69.8. The van der Waals surface area contributed by atoms with Crippen molar-refractivity contribution >= 4 is 187 Å². The van der Waals surface area contributed by atoms with Crippen LogP contribution >= 0.6 is 23.2 Å². The molecule has 0 unspecified atom stereocenters. The number of carbonyl (C=O) groups is 2. The highest BCUT2D eigenvalue weighted by molar-refractivity contribution is 7.91. The molecule has 2 aliphatic rings. The van der Waals surface area contributed by atoms with Gasteiger partial charge in [0.1, 0.15) is 35.9 Å². The Balaban J connectivity index is 0.836. The number of halogens is 2. The van der Waals surface area contributed by atoms with Crippen molar-refractivity contribution in [2.75, 3.05) is 78.0 Å². The fourth-order valence-corrected chi connectivity index (χ4v) is 14.4. The van der Waals surface area contributed by atoms with Gasteiger partial charge in [-0.15, -0.1) is 5.11 Å². The monoisotopic (exact) mass is 1480 g/mol. The molecule has 37 nitrogen and oxygen atoms in total. The van der Waals surface area contributed by atoms with Crippen molar-refractivity contribution in [3.05, 3.63) is 112 Å². The number of Topliss-reactive ketones (excluding diaryl/α,β-unsaturated/α-hetero) is 1.